The highest BCUT2D eigenvalue weighted by atomic mass is 15.1. The molecule has 1 aromatic heterocycles. The Morgan fingerprint density at radius 1 is 1.26 bits per heavy atom. The van der Waals surface area contributed by atoms with Crippen LogP contribution < -0.4 is 5.73 Å². The van der Waals surface area contributed by atoms with Crippen molar-refractivity contribution in [2.75, 3.05) is 6.54 Å². The first kappa shape index (κ1) is 12.7. The molecule has 1 aliphatic carbocycles. The van der Waals surface area contributed by atoms with Crippen LogP contribution in [0.15, 0.2) is 24.3 Å². The normalized spacial score (nSPS) is 23.3. The third-order valence-electron chi connectivity index (χ3n) is 4.61. The molecule has 3 heteroatoms. The van der Waals surface area contributed by atoms with Crippen molar-refractivity contribution < 1.29 is 0 Å². The lowest BCUT2D eigenvalue weighted by atomic mass is 9.93. The van der Waals surface area contributed by atoms with Crippen LogP contribution in [0.2, 0.25) is 0 Å². The first-order chi connectivity index (χ1) is 9.33. The summed E-state index contributed by atoms with van der Waals surface area (Å²) in [6, 6.07) is 8.44. The SMILES string of the molecule is CCn1c(CC2CCCC2CN)nc2ccccc21. The van der Waals surface area contributed by atoms with Crippen LogP contribution in [0, 0.1) is 11.8 Å². The van der Waals surface area contributed by atoms with E-state index in [4.69, 9.17) is 10.7 Å². The lowest BCUT2D eigenvalue weighted by Crippen LogP contribution is -2.21. The first-order valence-electron chi connectivity index (χ1n) is 7.47. The number of hydrogen-bond acceptors (Lipinski definition) is 2. The standard InChI is InChI=1S/C16H23N3/c1-2-19-15-9-4-3-8-14(15)18-16(19)10-12-6-5-7-13(12)11-17/h3-4,8-9,12-13H,2,5-7,10-11,17H2,1H3. The average Bonchev–Trinajstić information content (AvgIpc) is 3.02. The quantitative estimate of drug-likeness (QED) is 0.915. The van der Waals surface area contributed by atoms with Crippen LogP contribution in [0.3, 0.4) is 0 Å². The van der Waals surface area contributed by atoms with Crippen molar-refractivity contribution in [2.24, 2.45) is 17.6 Å². The Bertz CT molecular complexity index is 558. The number of aromatic nitrogens is 2. The van der Waals surface area contributed by atoms with Crippen LogP contribution in [0.4, 0.5) is 0 Å². The summed E-state index contributed by atoms with van der Waals surface area (Å²) in [4.78, 5) is 4.84. The van der Waals surface area contributed by atoms with Crippen LogP contribution in [-0.2, 0) is 13.0 Å². The minimum absolute atomic E-state index is 0.699. The van der Waals surface area contributed by atoms with Gasteiger partial charge in [-0.2, -0.15) is 0 Å². The Morgan fingerprint density at radius 2 is 2.05 bits per heavy atom. The summed E-state index contributed by atoms with van der Waals surface area (Å²) in [5.74, 6) is 2.67. The third kappa shape index (κ3) is 2.27. The van der Waals surface area contributed by atoms with Gasteiger partial charge in [-0.05, 0) is 50.3 Å². The fourth-order valence-electron chi connectivity index (χ4n) is 3.56. The van der Waals surface area contributed by atoms with Crippen molar-refractivity contribution >= 4 is 11.0 Å². The molecule has 3 nitrogen and oxygen atoms in total. The lowest BCUT2D eigenvalue weighted by Gasteiger charge is -2.17. The molecular formula is C16H23N3. The van der Waals surface area contributed by atoms with Gasteiger partial charge < -0.3 is 10.3 Å². The summed E-state index contributed by atoms with van der Waals surface area (Å²) in [5, 5.41) is 0. The fraction of sp³-hybridized carbons (Fsp3) is 0.562. The number of hydrogen-bond donors (Lipinski definition) is 1. The molecule has 1 aromatic carbocycles. The number of benzene rings is 1. The van der Waals surface area contributed by atoms with E-state index in [0.29, 0.717) is 5.92 Å². The van der Waals surface area contributed by atoms with Gasteiger partial charge in [0.25, 0.3) is 0 Å². The van der Waals surface area contributed by atoms with Gasteiger partial charge in [0.2, 0.25) is 0 Å². The van der Waals surface area contributed by atoms with Gasteiger partial charge in [0.1, 0.15) is 5.82 Å². The largest absolute Gasteiger partial charge is 0.330 e. The number of para-hydroxylation sites is 2. The summed E-state index contributed by atoms with van der Waals surface area (Å²) < 4.78 is 2.36. The second kappa shape index (κ2) is 5.33. The van der Waals surface area contributed by atoms with Gasteiger partial charge in [0.05, 0.1) is 11.0 Å². The van der Waals surface area contributed by atoms with E-state index in [1.54, 1.807) is 0 Å². The fourth-order valence-corrected chi connectivity index (χ4v) is 3.56. The van der Waals surface area contributed by atoms with E-state index < -0.39 is 0 Å². The Morgan fingerprint density at radius 3 is 2.84 bits per heavy atom. The highest BCUT2D eigenvalue weighted by molar-refractivity contribution is 5.75. The van der Waals surface area contributed by atoms with Crippen LogP contribution in [-0.4, -0.2) is 16.1 Å². The summed E-state index contributed by atoms with van der Waals surface area (Å²) in [6.45, 7) is 4.03. The maximum Gasteiger partial charge on any atom is 0.110 e. The first-order valence-corrected chi connectivity index (χ1v) is 7.47. The minimum atomic E-state index is 0.699. The second-order valence-electron chi connectivity index (χ2n) is 5.65. The molecule has 0 bridgehead atoms. The zero-order valence-corrected chi connectivity index (χ0v) is 11.7. The van der Waals surface area contributed by atoms with Crippen LogP contribution >= 0.6 is 0 Å². The summed E-state index contributed by atoms with van der Waals surface area (Å²) in [7, 11) is 0. The van der Waals surface area contributed by atoms with Crippen LogP contribution in [0.1, 0.15) is 32.0 Å². The molecule has 2 atom stereocenters. The average molecular weight is 257 g/mol. The van der Waals surface area contributed by atoms with Crippen molar-refractivity contribution in [3.8, 4) is 0 Å². The van der Waals surface area contributed by atoms with Crippen molar-refractivity contribution in [3.63, 3.8) is 0 Å². The van der Waals surface area contributed by atoms with Gasteiger partial charge in [-0.1, -0.05) is 18.6 Å². The van der Waals surface area contributed by atoms with Gasteiger partial charge in [0.15, 0.2) is 0 Å². The maximum absolute atomic E-state index is 5.90. The Balaban J connectivity index is 1.92. The molecule has 0 spiro atoms. The molecular weight excluding hydrogens is 234 g/mol. The van der Waals surface area contributed by atoms with Crippen molar-refractivity contribution in [1.82, 2.24) is 9.55 Å². The van der Waals surface area contributed by atoms with E-state index >= 15 is 0 Å². The number of nitrogens with two attached hydrogens (primary N) is 1. The molecule has 19 heavy (non-hydrogen) atoms. The molecule has 0 aliphatic heterocycles. The Kier molecular flexibility index (Phi) is 3.56. The Labute approximate surface area is 114 Å². The highest BCUT2D eigenvalue weighted by Gasteiger charge is 2.27. The molecule has 1 fully saturated rings. The molecule has 0 amide bonds. The predicted octanol–water partition coefficient (Wildman–Crippen LogP) is 2.97. The molecule has 2 N–H and O–H groups in total. The van der Waals surface area contributed by atoms with E-state index in [-0.39, 0.29) is 0 Å². The number of aryl methyl sites for hydroxylation is 1. The molecule has 0 radical (unpaired) electrons. The molecule has 1 heterocycles. The van der Waals surface area contributed by atoms with Gasteiger partial charge >= 0.3 is 0 Å². The summed E-state index contributed by atoms with van der Waals surface area (Å²) >= 11 is 0. The molecule has 3 rings (SSSR count). The molecule has 1 aliphatic rings. The molecule has 2 unspecified atom stereocenters. The zero-order chi connectivity index (χ0) is 13.2. The maximum atomic E-state index is 5.90. The lowest BCUT2D eigenvalue weighted by molar-refractivity contribution is 0.383. The molecule has 0 saturated heterocycles. The van der Waals surface area contributed by atoms with E-state index in [1.165, 1.54) is 30.6 Å². The van der Waals surface area contributed by atoms with E-state index in [0.717, 1.165) is 30.9 Å². The number of fused-ring (bicyclic) bond motifs is 1. The topological polar surface area (TPSA) is 43.8 Å². The van der Waals surface area contributed by atoms with Crippen molar-refractivity contribution in [1.29, 1.82) is 0 Å². The molecule has 1 saturated carbocycles. The van der Waals surface area contributed by atoms with E-state index in [9.17, 15) is 0 Å². The van der Waals surface area contributed by atoms with E-state index in [2.05, 4.69) is 35.8 Å². The highest BCUT2D eigenvalue weighted by Crippen LogP contribution is 2.33. The van der Waals surface area contributed by atoms with E-state index in [1.807, 2.05) is 0 Å². The minimum Gasteiger partial charge on any atom is -0.330 e. The van der Waals surface area contributed by atoms with Gasteiger partial charge in [0, 0.05) is 13.0 Å². The predicted molar refractivity (Wildman–Crippen MR) is 79.0 cm³/mol. The molecule has 2 aromatic rings. The van der Waals surface area contributed by atoms with Crippen molar-refractivity contribution in [3.05, 3.63) is 30.1 Å². The number of imidazole rings is 1. The summed E-state index contributed by atoms with van der Waals surface area (Å²) in [5.41, 5.74) is 8.29. The summed E-state index contributed by atoms with van der Waals surface area (Å²) in [6.07, 6.45) is 5.03. The smallest absolute Gasteiger partial charge is 0.110 e. The van der Waals surface area contributed by atoms with Crippen LogP contribution in [0.5, 0.6) is 0 Å². The number of rotatable bonds is 4. The van der Waals surface area contributed by atoms with Gasteiger partial charge in [-0.3, -0.25) is 0 Å². The number of nitrogens with zero attached hydrogens (tertiary/aromatic N) is 2. The van der Waals surface area contributed by atoms with Gasteiger partial charge in [-0.15, -0.1) is 0 Å². The Hall–Kier alpha value is -1.35. The van der Waals surface area contributed by atoms with Gasteiger partial charge in [-0.25, -0.2) is 4.98 Å². The second-order valence-corrected chi connectivity index (χ2v) is 5.65. The molecule has 102 valence electrons. The van der Waals surface area contributed by atoms with Crippen molar-refractivity contribution in [2.45, 2.75) is 39.2 Å². The van der Waals surface area contributed by atoms with Crippen LogP contribution in [0.25, 0.3) is 11.0 Å². The zero-order valence-electron chi connectivity index (χ0n) is 11.7. The monoisotopic (exact) mass is 257 g/mol. The third-order valence-corrected chi connectivity index (χ3v) is 4.61.